The molecular formula is C14H19BN2O2. The molecule has 2 aromatic heterocycles. The molecule has 1 aliphatic heterocycles. The fourth-order valence-electron chi connectivity index (χ4n) is 2.34. The molecule has 0 radical (unpaired) electrons. The summed E-state index contributed by atoms with van der Waals surface area (Å²) in [6, 6.07) is 6.10. The van der Waals surface area contributed by atoms with Gasteiger partial charge in [-0.2, -0.15) is 5.10 Å². The second kappa shape index (κ2) is 3.84. The van der Waals surface area contributed by atoms with Crippen LogP contribution in [0.5, 0.6) is 0 Å². The van der Waals surface area contributed by atoms with Crippen molar-refractivity contribution in [2.45, 2.75) is 45.8 Å². The van der Waals surface area contributed by atoms with Crippen LogP contribution in [0.1, 0.15) is 33.4 Å². The third kappa shape index (κ3) is 1.80. The largest absolute Gasteiger partial charge is 0.497 e. The molecule has 4 nitrogen and oxygen atoms in total. The number of aryl methyl sites for hydroxylation is 1. The summed E-state index contributed by atoms with van der Waals surface area (Å²) in [6.07, 6.45) is 1.80. The van der Waals surface area contributed by atoms with E-state index < -0.39 is 0 Å². The van der Waals surface area contributed by atoms with Gasteiger partial charge >= 0.3 is 7.12 Å². The first-order valence-corrected chi connectivity index (χ1v) is 6.61. The van der Waals surface area contributed by atoms with E-state index in [1.165, 1.54) is 0 Å². The minimum Gasteiger partial charge on any atom is -0.399 e. The van der Waals surface area contributed by atoms with E-state index in [9.17, 15) is 0 Å². The van der Waals surface area contributed by atoms with Gasteiger partial charge in [0.1, 0.15) is 0 Å². The lowest BCUT2D eigenvalue weighted by Crippen LogP contribution is -2.41. The number of hydrogen-bond acceptors (Lipinski definition) is 3. The van der Waals surface area contributed by atoms with Crippen LogP contribution in [0.15, 0.2) is 24.4 Å². The summed E-state index contributed by atoms with van der Waals surface area (Å²) in [5.41, 5.74) is 2.53. The van der Waals surface area contributed by atoms with E-state index in [2.05, 4.69) is 38.9 Å². The number of pyridine rings is 1. The number of aromatic nitrogens is 2. The molecule has 1 fully saturated rings. The molecule has 0 aromatic carbocycles. The smallest absolute Gasteiger partial charge is 0.399 e. The van der Waals surface area contributed by atoms with E-state index in [1.54, 1.807) is 6.20 Å². The van der Waals surface area contributed by atoms with Crippen molar-refractivity contribution in [2.75, 3.05) is 0 Å². The molecule has 19 heavy (non-hydrogen) atoms. The fraction of sp³-hybridized carbons (Fsp3) is 0.500. The molecule has 3 heterocycles. The number of rotatable bonds is 1. The Morgan fingerprint density at radius 1 is 1.05 bits per heavy atom. The zero-order chi connectivity index (χ0) is 13.8. The van der Waals surface area contributed by atoms with Crippen molar-refractivity contribution in [3.63, 3.8) is 0 Å². The summed E-state index contributed by atoms with van der Waals surface area (Å²) < 4.78 is 14.1. The maximum atomic E-state index is 6.10. The molecule has 100 valence electrons. The van der Waals surface area contributed by atoms with Crippen LogP contribution in [0.3, 0.4) is 0 Å². The van der Waals surface area contributed by atoms with E-state index in [-0.39, 0.29) is 18.3 Å². The molecule has 0 amide bonds. The van der Waals surface area contributed by atoms with Gasteiger partial charge in [-0.05, 0) is 46.8 Å². The van der Waals surface area contributed by atoms with Gasteiger partial charge in [0.2, 0.25) is 0 Å². The third-order valence-corrected chi connectivity index (χ3v) is 4.28. The molecule has 1 aliphatic rings. The Kier molecular flexibility index (Phi) is 2.56. The summed E-state index contributed by atoms with van der Waals surface area (Å²) in [7, 11) is -0.343. The van der Waals surface area contributed by atoms with Gasteiger partial charge in [-0.25, -0.2) is 4.52 Å². The topological polar surface area (TPSA) is 35.8 Å². The normalized spacial score (nSPS) is 21.2. The quantitative estimate of drug-likeness (QED) is 0.733. The zero-order valence-electron chi connectivity index (χ0n) is 12.1. The maximum Gasteiger partial charge on any atom is 0.497 e. The van der Waals surface area contributed by atoms with E-state index >= 15 is 0 Å². The van der Waals surface area contributed by atoms with Crippen LogP contribution >= 0.6 is 0 Å². The van der Waals surface area contributed by atoms with E-state index in [0.29, 0.717) is 0 Å². The van der Waals surface area contributed by atoms with Gasteiger partial charge in [-0.15, -0.1) is 0 Å². The van der Waals surface area contributed by atoms with Crippen LogP contribution in [-0.4, -0.2) is 27.9 Å². The molecule has 0 bridgehead atoms. The van der Waals surface area contributed by atoms with Gasteiger partial charge in [0.25, 0.3) is 0 Å². The van der Waals surface area contributed by atoms with Gasteiger partial charge in [0, 0.05) is 17.4 Å². The Bertz CT molecular complexity index is 617. The second-order valence-corrected chi connectivity index (χ2v) is 6.15. The lowest BCUT2D eigenvalue weighted by Gasteiger charge is -2.32. The Hall–Kier alpha value is -1.33. The van der Waals surface area contributed by atoms with Gasteiger partial charge in [0.05, 0.1) is 16.7 Å². The highest BCUT2D eigenvalue weighted by Crippen LogP contribution is 2.36. The molecule has 0 atom stereocenters. The lowest BCUT2D eigenvalue weighted by molar-refractivity contribution is 0.00578. The zero-order valence-corrected chi connectivity index (χ0v) is 12.1. The van der Waals surface area contributed by atoms with Crippen LogP contribution in [-0.2, 0) is 9.31 Å². The maximum absolute atomic E-state index is 6.10. The highest BCUT2D eigenvalue weighted by Gasteiger charge is 2.52. The van der Waals surface area contributed by atoms with Crippen molar-refractivity contribution in [3.05, 3.63) is 30.1 Å². The summed E-state index contributed by atoms with van der Waals surface area (Å²) in [4.78, 5) is 0. The molecule has 0 aliphatic carbocycles. The Morgan fingerprint density at radius 3 is 2.32 bits per heavy atom. The average Bonchev–Trinajstić information content (AvgIpc) is 2.84. The predicted octanol–water partition coefficient (Wildman–Crippen LogP) is 1.94. The van der Waals surface area contributed by atoms with E-state index in [4.69, 9.17) is 9.31 Å². The van der Waals surface area contributed by atoms with Crippen molar-refractivity contribution >= 4 is 18.1 Å². The molecular weight excluding hydrogens is 239 g/mol. The number of fused-ring (bicyclic) bond motifs is 1. The fourth-order valence-corrected chi connectivity index (χ4v) is 2.34. The molecule has 3 rings (SSSR count). The van der Waals surface area contributed by atoms with Crippen LogP contribution in [0.4, 0.5) is 0 Å². The minimum atomic E-state index is -0.343. The molecule has 0 saturated carbocycles. The lowest BCUT2D eigenvalue weighted by atomic mass is 9.78. The number of hydrogen-bond donors (Lipinski definition) is 0. The Morgan fingerprint density at radius 2 is 1.68 bits per heavy atom. The SMILES string of the molecule is Cc1ccc(B2OC(C)(C)C(C)(C)O2)c2ccnn12. The van der Waals surface area contributed by atoms with E-state index in [0.717, 1.165) is 16.7 Å². The Balaban J connectivity index is 2.08. The second-order valence-electron chi connectivity index (χ2n) is 6.15. The summed E-state index contributed by atoms with van der Waals surface area (Å²) in [6.45, 7) is 10.3. The van der Waals surface area contributed by atoms with Gasteiger partial charge < -0.3 is 9.31 Å². The third-order valence-electron chi connectivity index (χ3n) is 4.28. The van der Waals surface area contributed by atoms with Crippen molar-refractivity contribution in [1.82, 2.24) is 9.61 Å². The first-order valence-electron chi connectivity index (χ1n) is 6.61. The van der Waals surface area contributed by atoms with Crippen molar-refractivity contribution < 1.29 is 9.31 Å². The number of nitrogens with zero attached hydrogens (tertiary/aromatic N) is 2. The Labute approximate surface area is 113 Å². The average molecular weight is 258 g/mol. The van der Waals surface area contributed by atoms with Crippen LogP contribution in [0.2, 0.25) is 0 Å². The van der Waals surface area contributed by atoms with Gasteiger partial charge in [-0.3, -0.25) is 0 Å². The van der Waals surface area contributed by atoms with Gasteiger partial charge in [0.15, 0.2) is 0 Å². The molecule has 0 N–H and O–H groups in total. The van der Waals surface area contributed by atoms with Crippen molar-refractivity contribution in [1.29, 1.82) is 0 Å². The molecule has 1 saturated heterocycles. The van der Waals surface area contributed by atoms with Crippen molar-refractivity contribution in [3.8, 4) is 0 Å². The molecule has 5 heteroatoms. The molecule has 0 spiro atoms. The predicted molar refractivity (Wildman–Crippen MR) is 75.6 cm³/mol. The first-order chi connectivity index (χ1) is 8.82. The standard InChI is InChI=1S/C14H19BN2O2/c1-10-6-7-11(12-8-9-16-17(10)12)15-18-13(2,3)14(4,5)19-15/h6-9H,1-5H3. The molecule has 2 aromatic rings. The highest BCUT2D eigenvalue weighted by molar-refractivity contribution is 6.64. The summed E-state index contributed by atoms with van der Waals surface area (Å²) >= 11 is 0. The van der Waals surface area contributed by atoms with Crippen molar-refractivity contribution in [2.24, 2.45) is 0 Å². The van der Waals surface area contributed by atoms with Crippen LogP contribution < -0.4 is 5.46 Å². The monoisotopic (exact) mass is 258 g/mol. The van der Waals surface area contributed by atoms with Gasteiger partial charge in [-0.1, -0.05) is 6.07 Å². The molecule has 0 unspecified atom stereocenters. The van der Waals surface area contributed by atoms with Crippen LogP contribution in [0.25, 0.3) is 5.52 Å². The highest BCUT2D eigenvalue weighted by atomic mass is 16.7. The summed E-state index contributed by atoms with van der Waals surface area (Å²) in [5, 5.41) is 4.33. The summed E-state index contributed by atoms with van der Waals surface area (Å²) in [5.74, 6) is 0. The van der Waals surface area contributed by atoms with Crippen LogP contribution in [0, 0.1) is 6.92 Å². The first kappa shape index (κ1) is 12.7. The minimum absolute atomic E-state index is 0.320. The van der Waals surface area contributed by atoms with E-state index in [1.807, 2.05) is 23.6 Å².